The van der Waals surface area contributed by atoms with Gasteiger partial charge in [0.2, 0.25) is 0 Å². The maximum absolute atomic E-state index is 12.4. The fourth-order valence-electron chi connectivity index (χ4n) is 1.86. The molecule has 0 unspecified atom stereocenters. The minimum atomic E-state index is -5.03. The van der Waals surface area contributed by atoms with Gasteiger partial charge in [-0.2, -0.15) is 5.10 Å². The van der Waals surface area contributed by atoms with Crippen LogP contribution in [0.1, 0.15) is 18.9 Å². The monoisotopic (exact) mass is 267 g/mol. The molecule has 0 atom stereocenters. The first-order chi connectivity index (χ1) is 7.78. The van der Waals surface area contributed by atoms with Crippen molar-refractivity contribution in [2.45, 2.75) is 18.9 Å². The van der Waals surface area contributed by atoms with E-state index in [1.165, 1.54) is 4.68 Å². The Kier molecular flexibility index (Phi) is 2.96. The van der Waals surface area contributed by atoms with Gasteiger partial charge in [-0.3, -0.25) is 4.68 Å². The van der Waals surface area contributed by atoms with Crippen molar-refractivity contribution in [3.63, 3.8) is 0 Å². The van der Waals surface area contributed by atoms with Gasteiger partial charge in [0, 0.05) is 6.20 Å². The second kappa shape index (κ2) is 4.04. The van der Waals surface area contributed by atoms with E-state index in [1.807, 2.05) is 0 Å². The molecule has 0 radical (unpaired) electrons. The van der Waals surface area contributed by atoms with Gasteiger partial charge in [-0.15, -0.1) is 0 Å². The molecule has 0 spiro atoms. The molecule has 9 heteroatoms. The predicted molar refractivity (Wildman–Crippen MR) is 57.9 cm³/mol. The molecule has 1 fully saturated rings. The highest BCUT2D eigenvalue weighted by molar-refractivity contribution is 7.91. The topological polar surface area (TPSA) is 52.0 Å². The minimum absolute atomic E-state index is 0.0179. The number of nitrogens with zero attached hydrogens (tertiary/aromatic N) is 2. The van der Waals surface area contributed by atoms with Gasteiger partial charge in [0.1, 0.15) is 9.84 Å². The highest BCUT2D eigenvalue weighted by atomic mass is 32.2. The van der Waals surface area contributed by atoms with Gasteiger partial charge < -0.3 is 12.9 Å². The van der Waals surface area contributed by atoms with E-state index in [0.29, 0.717) is 12.8 Å². The van der Waals surface area contributed by atoms with E-state index in [4.69, 9.17) is 0 Å². The van der Waals surface area contributed by atoms with Crippen molar-refractivity contribution in [3.8, 4) is 0 Å². The lowest BCUT2D eigenvalue weighted by molar-refractivity contribution is 0.413. The third kappa shape index (κ3) is 2.82. The van der Waals surface area contributed by atoms with Crippen LogP contribution in [-0.4, -0.2) is 36.7 Å². The summed E-state index contributed by atoms with van der Waals surface area (Å²) in [5.41, 5.74) is -0.738. The molecule has 96 valence electrons. The molecule has 1 aromatic rings. The second-order valence-corrected chi connectivity index (χ2v) is 6.52. The first kappa shape index (κ1) is 12.5. The lowest BCUT2D eigenvalue weighted by Gasteiger charge is -2.22. The van der Waals surface area contributed by atoms with Gasteiger partial charge in [0.25, 0.3) is 0 Å². The van der Waals surface area contributed by atoms with Gasteiger partial charge in [0.05, 0.1) is 17.5 Å². The summed E-state index contributed by atoms with van der Waals surface area (Å²) in [5.74, 6) is 0.0358. The molecule has 0 aliphatic carbocycles. The van der Waals surface area contributed by atoms with Crippen molar-refractivity contribution in [3.05, 3.63) is 12.4 Å². The van der Waals surface area contributed by atoms with E-state index < -0.39 is 22.3 Å². The predicted octanol–water partition coefficient (Wildman–Crippen LogP) is 0.687. The van der Waals surface area contributed by atoms with E-state index in [2.05, 4.69) is 5.10 Å². The molecule has 1 saturated heterocycles. The Morgan fingerprint density at radius 3 is 2.35 bits per heavy atom. The van der Waals surface area contributed by atoms with E-state index in [9.17, 15) is 21.4 Å². The molecular weight excluding hydrogens is 256 g/mol. The largest absolute Gasteiger partial charge is 0.512 e. The third-order valence-electron chi connectivity index (χ3n) is 2.90. The minimum Gasteiger partial charge on any atom is -0.445 e. The standard InChI is InChI=1S/C8H11BF3N2O2S/c10-9(11,12)7-5-13-14(6-7)8-1-3-17(15,16)4-2-8/h5-6,8H,1-4H2/q-1. The number of rotatable bonds is 2. The number of hydrogen-bond acceptors (Lipinski definition) is 3. The van der Waals surface area contributed by atoms with Crippen LogP contribution in [0.5, 0.6) is 0 Å². The Morgan fingerprint density at radius 1 is 1.29 bits per heavy atom. The number of sulfone groups is 1. The van der Waals surface area contributed by atoms with Crippen molar-refractivity contribution in [2.24, 2.45) is 0 Å². The zero-order valence-corrected chi connectivity index (χ0v) is 9.71. The Labute approximate surface area is 96.8 Å². The molecule has 4 nitrogen and oxygen atoms in total. The van der Waals surface area contributed by atoms with E-state index >= 15 is 0 Å². The second-order valence-electron chi connectivity index (χ2n) is 4.21. The summed E-state index contributed by atoms with van der Waals surface area (Å²) in [7, 11) is -3.00. The molecule has 0 N–H and O–H groups in total. The van der Waals surface area contributed by atoms with Gasteiger partial charge >= 0.3 is 6.98 Å². The molecule has 17 heavy (non-hydrogen) atoms. The molecular formula is C8H11BF3N2O2S-. The molecule has 1 aliphatic heterocycles. The van der Waals surface area contributed by atoms with Crippen LogP contribution in [0.3, 0.4) is 0 Å². The van der Waals surface area contributed by atoms with Gasteiger partial charge in [-0.05, 0) is 19.0 Å². The molecule has 1 aromatic heterocycles. The Balaban J connectivity index is 2.12. The smallest absolute Gasteiger partial charge is 0.445 e. The highest BCUT2D eigenvalue weighted by Crippen LogP contribution is 2.23. The Morgan fingerprint density at radius 2 is 1.88 bits per heavy atom. The average molecular weight is 267 g/mol. The maximum Gasteiger partial charge on any atom is 0.512 e. The zero-order chi connectivity index (χ0) is 12.7. The maximum atomic E-state index is 12.4. The summed E-state index contributed by atoms with van der Waals surface area (Å²) in [4.78, 5) is 0. The van der Waals surface area contributed by atoms with Crippen molar-refractivity contribution >= 4 is 22.3 Å². The van der Waals surface area contributed by atoms with Crippen LogP contribution in [-0.2, 0) is 9.84 Å². The summed E-state index contributed by atoms with van der Waals surface area (Å²) in [6.07, 6.45) is 2.41. The summed E-state index contributed by atoms with van der Waals surface area (Å²) < 4.78 is 60.8. The molecule has 0 bridgehead atoms. The molecule has 0 saturated carbocycles. The van der Waals surface area contributed by atoms with Crippen LogP contribution in [0.4, 0.5) is 12.9 Å². The molecule has 1 aliphatic rings. The lowest BCUT2D eigenvalue weighted by Crippen LogP contribution is -2.33. The van der Waals surface area contributed by atoms with E-state index in [-0.39, 0.29) is 17.5 Å². The zero-order valence-electron chi connectivity index (χ0n) is 8.89. The number of hydrogen-bond donors (Lipinski definition) is 0. The highest BCUT2D eigenvalue weighted by Gasteiger charge is 2.29. The van der Waals surface area contributed by atoms with Gasteiger partial charge in [-0.1, -0.05) is 5.46 Å². The van der Waals surface area contributed by atoms with Crippen LogP contribution >= 0.6 is 0 Å². The lowest BCUT2D eigenvalue weighted by atomic mass is 9.83. The average Bonchev–Trinajstić information content (AvgIpc) is 2.66. The quantitative estimate of drug-likeness (QED) is 0.741. The fourth-order valence-corrected chi connectivity index (χ4v) is 3.33. The van der Waals surface area contributed by atoms with Crippen molar-refractivity contribution in [1.82, 2.24) is 9.78 Å². The summed E-state index contributed by atoms with van der Waals surface area (Å²) in [6, 6.07) is -0.245. The van der Waals surface area contributed by atoms with E-state index in [0.717, 1.165) is 12.4 Å². The number of aromatic nitrogens is 2. The van der Waals surface area contributed by atoms with Crippen LogP contribution in [0, 0.1) is 0 Å². The summed E-state index contributed by atoms with van der Waals surface area (Å²) in [6.45, 7) is -5.03. The Bertz CT molecular complexity index is 497. The SMILES string of the molecule is O=S1(=O)CCC(n2cc([B-](F)(F)F)cn2)CC1. The van der Waals surface area contributed by atoms with Crippen molar-refractivity contribution in [2.75, 3.05) is 11.5 Å². The third-order valence-corrected chi connectivity index (χ3v) is 4.61. The van der Waals surface area contributed by atoms with Gasteiger partial charge in [-0.25, -0.2) is 8.42 Å². The normalized spacial score (nSPS) is 21.6. The van der Waals surface area contributed by atoms with Crippen molar-refractivity contribution in [1.29, 1.82) is 0 Å². The molecule has 0 amide bonds. The summed E-state index contributed by atoms with van der Waals surface area (Å²) >= 11 is 0. The number of halogens is 3. The summed E-state index contributed by atoms with van der Waals surface area (Å²) in [5, 5.41) is 3.67. The Hall–Kier alpha value is -0.985. The first-order valence-corrected chi connectivity index (χ1v) is 7.04. The van der Waals surface area contributed by atoms with Gasteiger partial charge in [0.15, 0.2) is 0 Å². The van der Waals surface area contributed by atoms with Crippen LogP contribution in [0.15, 0.2) is 12.4 Å². The van der Waals surface area contributed by atoms with E-state index in [1.54, 1.807) is 0 Å². The fraction of sp³-hybridized carbons (Fsp3) is 0.625. The first-order valence-electron chi connectivity index (χ1n) is 5.22. The van der Waals surface area contributed by atoms with Crippen LogP contribution in [0.2, 0.25) is 0 Å². The molecule has 0 aromatic carbocycles. The molecule has 2 rings (SSSR count). The molecule has 2 heterocycles. The van der Waals surface area contributed by atoms with Crippen LogP contribution < -0.4 is 5.46 Å². The van der Waals surface area contributed by atoms with Crippen LogP contribution in [0.25, 0.3) is 0 Å². The van der Waals surface area contributed by atoms with Crippen molar-refractivity contribution < 1.29 is 21.4 Å².